The summed E-state index contributed by atoms with van der Waals surface area (Å²) in [6, 6.07) is 3.87. The highest BCUT2D eigenvalue weighted by Gasteiger charge is 1.93. The van der Waals surface area contributed by atoms with Crippen LogP contribution in [-0.4, -0.2) is 44.7 Å². The quantitative estimate of drug-likeness (QED) is 0.649. The molecule has 1 rings (SSSR count). The standard InChI is InChI=1S/C10H16O4S/c11-3-4-12-5-6-13-7-8-14-10-2-1-9-15-10/h1-2,9,11H,3-8H2. The lowest BCUT2D eigenvalue weighted by Gasteiger charge is -2.05. The van der Waals surface area contributed by atoms with Gasteiger partial charge in [-0.3, -0.25) is 0 Å². The summed E-state index contributed by atoms with van der Waals surface area (Å²) in [5, 5.41) is 11.3. The Bertz CT molecular complexity index is 225. The van der Waals surface area contributed by atoms with Crippen molar-refractivity contribution in [3.8, 4) is 5.06 Å². The van der Waals surface area contributed by atoms with Crippen molar-refractivity contribution < 1.29 is 19.3 Å². The largest absolute Gasteiger partial charge is 0.482 e. The highest BCUT2D eigenvalue weighted by Crippen LogP contribution is 2.17. The zero-order valence-corrected chi connectivity index (χ0v) is 9.37. The third-order valence-electron chi connectivity index (χ3n) is 1.57. The van der Waals surface area contributed by atoms with Gasteiger partial charge in [-0.2, -0.15) is 0 Å². The monoisotopic (exact) mass is 232 g/mol. The Morgan fingerprint density at radius 1 is 1.07 bits per heavy atom. The van der Waals surface area contributed by atoms with E-state index < -0.39 is 0 Å². The van der Waals surface area contributed by atoms with Crippen molar-refractivity contribution in [3.63, 3.8) is 0 Å². The average molecular weight is 232 g/mol. The van der Waals surface area contributed by atoms with E-state index in [1.54, 1.807) is 11.3 Å². The molecular formula is C10H16O4S. The first kappa shape index (κ1) is 12.4. The number of hydrogen-bond acceptors (Lipinski definition) is 5. The molecule has 0 aliphatic heterocycles. The van der Waals surface area contributed by atoms with Crippen molar-refractivity contribution in [2.75, 3.05) is 39.6 Å². The minimum absolute atomic E-state index is 0.0570. The van der Waals surface area contributed by atoms with Crippen molar-refractivity contribution in [1.29, 1.82) is 0 Å². The average Bonchev–Trinajstić information content (AvgIpc) is 2.75. The van der Waals surface area contributed by atoms with E-state index in [4.69, 9.17) is 19.3 Å². The van der Waals surface area contributed by atoms with E-state index in [0.717, 1.165) is 5.06 Å². The van der Waals surface area contributed by atoms with Crippen molar-refractivity contribution in [1.82, 2.24) is 0 Å². The second-order valence-electron chi connectivity index (χ2n) is 2.73. The Labute approximate surface area is 93.4 Å². The minimum atomic E-state index is 0.0570. The lowest BCUT2D eigenvalue weighted by Crippen LogP contribution is -2.11. The molecule has 0 aliphatic rings. The van der Waals surface area contributed by atoms with Crippen LogP contribution in [0.3, 0.4) is 0 Å². The number of hydrogen-bond donors (Lipinski definition) is 1. The van der Waals surface area contributed by atoms with Gasteiger partial charge in [-0.05, 0) is 17.5 Å². The maximum atomic E-state index is 8.43. The number of rotatable bonds is 9. The molecule has 0 saturated heterocycles. The van der Waals surface area contributed by atoms with Crippen LogP contribution in [0.1, 0.15) is 0 Å². The third kappa shape index (κ3) is 6.46. The molecule has 0 unspecified atom stereocenters. The zero-order chi connectivity index (χ0) is 10.8. The van der Waals surface area contributed by atoms with Crippen LogP contribution in [0.4, 0.5) is 0 Å². The van der Waals surface area contributed by atoms with Crippen molar-refractivity contribution in [3.05, 3.63) is 17.5 Å². The maximum absolute atomic E-state index is 8.43. The molecule has 4 nitrogen and oxygen atoms in total. The van der Waals surface area contributed by atoms with Gasteiger partial charge in [0.25, 0.3) is 0 Å². The Hall–Kier alpha value is -0.620. The van der Waals surface area contributed by atoms with Gasteiger partial charge >= 0.3 is 0 Å². The second-order valence-corrected chi connectivity index (χ2v) is 3.64. The summed E-state index contributed by atoms with van der Waals surface area (Å²) in [5.41, 5.74) is 0. The molecule has 1 N–H and O–H groups in total. The third-order valence-corrected chi connectivity index (χ3v) is 2.35. The van der Waals surface area contributed by atoms with Crippen molar-refractivity contribution in [2.45, 2.75) is 0 Å². The lowest BCUT2D eigenvalue weighted by atomic mass is 10.6. The molecule has 0 aliphatic carbocycles. The van der Waals surface area contributed by atoms with Crippen LogP contribution in [-0.2, 0) is 9.47 Å². The first-order valence-corrected chi connectivity index (χ1v) is 5.74. The molecular weight excluding hydrogens is 216 g/mol. The van der Waals surface area contributed by atoms with E-state index in [0.29, 0.717) is 33.0 Å². The van der Waals surface area contributed by atoms with E-state index >= 15 is 0 Å². The summed E-state index contributed by atoms with van der Waals surface area (Å²) in [7, 11) is 0. The van der Waals surface area contributed by atoms with Crippen molar-refractivity contribution >= 4 is 11.3 Å². The lowest BCUT2D eigenvalue weighted by molar-refractivity contribution is 0.0250. The van der Waals surface area contributed by atoms with Gasteiger partial charge in [-0.15, -0.1) is 11.3 Å². The van der Waals surface area contributed by atoms with E-state index in [-0.39, 0.29) is 6.61 Å². The summed E-state index contributed by atoms with van der Waals surface area (Å²) in [6.07, 6.45) is 0. The van der Waals surface area contributed by atoms with Gasteiger partial charge < -0.3 is 19.3 Å². The molecule has 86 valence electrons. The molecule has 15 heavy (non-hydrogen) atoms. The zero-order valence-electron chi connectivity index (χ0n) is 8.55. The summed E-state index contributed by atoms with van der Waals surface area (Å²) in [4.78, 5) is 0. The first-order chi connectivity index (χ1) is 7.43. The Morgan fingerprint density at radius 2 is 1.80 bits per heavy atom. The fourth-order valence-corrected chi connectivity index (χ4v) is 1.53. The van der Waals surface area contributed by atoms with Crippen LogP contribution >= 0.6 is 11.3 Å². The molecule has 1 aromatic heterocycles. The SMILES string of the molecule is OCCOCCOCCOc1cccs1. The molecule has 5 heteroatoms. The molecule has 0 radical (unpaired) electrons. The van der Waals surface area contributed by atoms with Crippen LogP contribution in [0.5, 0.6) is 5.06 Å². The van der Waals surface area contributed by atoms with E-state index in [2.05, 4.69) is 0 Å². The van der Waals surface area contributed by atoms with Gasteiger partial charge in [0.2, 0.25) is 0 Å². The number of aliphatic hydroxyl groups is 1. The van der Waals surface area contributed by atoms with Crippen LogP contribution in [0.25, 0.3) is 0 Å². The Kier molecular flexibility index (Phi) is 7.20. The van der Waals surface area contributed by atoms with Gasteiger partial charge in [0.15, 0.2) is 5.06 Å². The summed E-state index contributed by atoms with van der Waals surface area (Å²) in [5.74, 6) is 0. The smallest absolute Gasteiger partial charge is 0.173 e. The van der Waals surface area contributed by atoms with Crippen LogP contribution in [0.2, 0.25) is 0 Å². The molecule has 0 spiro atoms. The van der Waals surface area contributed by atoms with Crippen molar-refractivity contribution in [2.24, 2.45) is 0 Å². The van der Waals surface area contributed by atoms with Gasteiger partial charge in [0, 0.05) is 0 Å². The van der Waals surface area contributed by atoms with Gasteiger partial charge in [-0.1, -0.05) is 0 Å². The molecule has 0 aromatic carbocycles. The molecule has 0 atom stereocenters. The predicted molar refractivity (Wildman–Crippen MR) is 58.5 cm³/mol. The van der Waals surface area contributed by atoms with Gasteiger partial charge in [0.05, 0.1) is 33.0 Å². The highest BCUT2D eigenvalue weighted by molar-refractivity contribution is 7.11. The van der Waals surface area contributed by atoms with Crippen LogP contribution < -0.4 is 4.74 Å². The van der Waals surface area contributed by atoms with E-state index in [9.17, 15) is 0 Å². The van der Waals surface area contributed by atoms with Gasteiger partial charge in [0.1, 0.15) is 6.61 Å². The minimum Gasteiger partial charge on any atom is -0.482 e. The Morgan fingerprint density at radius 3 is 2.47 bits per heavy atom. The summed E-state index contributed by atoms with van der Waals surface area (Å²) in [6.45, 7) is 2.59. The number of thiophene rings is 1. The summed E-state index contributed by atoms with van der Waals surface area (Å²) >= 11 is 1.57. The van der Waals surface area contributed by atoms with E-state index in [1.807, 2.05) is 17.5 Å². The highest BCUT2D eigenvalue weighted by atomic mass is 32.1. The van der Waals surface area contributed by atoms with Crippen LogP contribution in [0, 0.1) is 0 Å². The maximum Gasteiger partial charge on any atom is 0.173 e. The van der Waals surface area contributed by atoms with Gasteiger partial charge in [-0.25, -0.2) is 0 Å². The molecule has 0 amide bonds. The number of aliphatic hydroxyl groups excluding tert-OH is 1. The normalized spacial score (nSPS) is 10.5. The molecule has 0 bridgehead atoms. The fourth-order valence-electron chi connectivity index (χ4n) is 0.933. The summed E-state index contributed by atoms with van der Waals surface area (Å²) < 4.78 is 15.7. The first-order valence-electron chi connectivity index (χ1n) is 4.86. The topological polar surface area (TPSA) is 47.9 Å². The fraction of sp³-hybridized carbons (Fsp3) is 0.600. The molecule has 0 fully saturated rings. The molecule has 1 aromatic rings. The second kappa shape index (κ2) is 8.67. The van der Waals surface area contributed by atoms with E-state index in [1.165, 1.54) is 0 Å². The Balaban J connectivity index is 1.81. The molecule has 1 heterocycles. The predicted octanol–water partition coefficient (Wildman–Crippen LogP) is 1.15. The molecule has 0 saturated carbocycles. The number of ether oxygens (including phenoxy) is 3. The van der Waals surface area contributed by atoms with Crippen LogP contribution in [0.15, 0.2) is 17.5 Å².